The summed E-state index contributed by atoms with van der Waals surface area (Å²) < 4.78 is 14.3. The lowest BCUT2D eigenvalue weighted by Gasteiger charge is -2.40. The van der Waals surface area contributed by atoms with Crippen LogP contribution in [0.15, 0.2) is 58.2 Å². The van der Waals surface area contributed by atoms with E-state index in [4.69, 9.17) is 23.1 Å². The first-order valence-corrected chi connectivity index (χ1v) is 14.6. The van der Waals surface area contributed by atoms with Crippen molar-refractivity contribution in [2.75, 3.05) is 37.4 Å². The molecular formula is C30H32BBrN6O3. The fraction of sp³-hybridized carbons (Fsp3) is 0.367. The number of hydrogen-bond acceptors (Lipinski definition) is 8. The molecule has 0 amide bonds. The number of piperidine rings is 1. The molecule has 4 aromatic rings. The number of hydrogen-bond donors (Lipinski definition) is 1. The van der Waals surface area contributed by atoms with Crippen LogP contribution in [0.2, 0.25) is 0 Å². The number of rotatable bonds is 7. The van der Waals surface area contributed by atoms with Gasteiger partial charge < -0.3 is 24.7 Å². The van der Waals surface area contributed by atoms with Crippen LogP contribution in [0.4, 0.5) is 11.5 Å². The first-order valence-electron chi connectivity index (χ1n) is 13.8. The van der Waals surface area contributed by atoms with Crippen molar-refractivity contribution < 1.29 is 9.47 Å². The van der Waals surface area contributed by atoms with Crippen molar-refractivity contribution in [3.8, 4) is 11.6 Å². The van der Waals surface area contributed by atoms with Crippen LogP contribution in [0.1, 0.15) is 36.9 Å². The average Bonchev–Trinajstić information content (AvgIpc) is 2.99. The zero-order valence-corrected chi connectivity index (χ0v) is 24.8. The first kappa shape index (κ1) is 27.6. The normalized spacial score (nSPS) is 18.5. The monoisotopic (exact) mass is 614 g/mol. The Hall–Kier alpha value is -3.57. The van der Waals surface area contributed by atoms with Gasteiger partial charge >= 0.3 is 0 Å². The van der Waals surface area contributed by atoms with Gasteiger partial charge in [0.05, 0.1) is 35.0 Å². The van der Waals surface area contributed by atoms with Crippen LogP contribution >= 0.6 is 15.9 Å². The number of benzene rings is 1. The molecule has 2 radical (unpaired) electrons. The van der Waals surface area contributed by atoms with Crippen molar-refractivity contribution >= 4 is 51.6 Å². The fourth-order valence-electron chi connectivity index (χ4n) is 5.91. The van der Waals surface area contributed by atoms with Gasteiger partial charge in [0, 0.05) is 61.6 Å². The van der Waals surface area contributed by atoms with E-state index in [2.05, 4.69) is 47.2 Å². The van der Waals surface area contributed by atoms with Crippen molar-refractivity contribution in [2.24, 2.45) is 0 Å². The molecule has 41 heavy (non-hydrogen) atoms. The number of aromatic nitrogens is 3. The maximum Gasteiger partial charge on any atom is 0.213 e. The Morgan fingerprint density at radius 1 is 1.24 bits per heavy atom. The van der Waals surface area contributed by atoms with E-state index in [-0.39, 0.29) is 17.5 Å². The van der Waals surface area contributed by atoms with Crippen molar-refractivity contribution in [2.45, 2.75) is 44.9 Å². The molecule has 0 bridgehead atoms. The molecule has 2 aliphatic rings. The molecule has 0 saturated carbocycles. The van der Waals surface area contributed by atoms with E-state index >= 15 is 0 Å². The van der Waals surface area contributed by atoms with Crippen LogP contribution in [0.5, 0.6) is 11.6 Å². The van der Waals surface area contributed by atoms with Gasteiger partial charge in [-0.05, 0) is 59.5 Å². The molecule has 2 unspecified atom stereocenters. The summed E-state index contributed by atoms with van der Waals surface area (Å²) in [5.74, 6) is 1.70. The molecule has 1 aromatic carbocycles. The third-order valence-electron chi connectivity index (χ3n) is 8.07. The number of nitrogens with zero attached hydrogens (tertiary/aromatic N) is 5. The van der Waals surface area contributed by atoms with E-state index in [0.717, 1.165) is 48.3 Å². The summed E-state index contributed by atoms with van der Waals surface area (Å²) in [7, 11) is 7.92. The van der Waals surface area contributed by atoms with E-state index in [1.165, 1.54) is 0 Å². The molecule has 3 aromatic heterocycles. The Morgan fingerprint density at radius 2 is 2.10 bits per heavy atom. The third kappa shape index (κ3) is 5.40. The van der Waals surface area contributed by atoms with Gasteiger partial charge in [-0.1, -0.05) is 11.5 Å². The summed E-state index contributed by atoms with van der Waals surface area (Å²) in [4.78, 5) is 27.3. The minimum atomic E-state index is -0.0258. The molecule has 6 rings (SSSR count). The molecular weight excluding hydrogens is 583 g/mol. The second-order valence-electron chi connectivity index (χ2n) is 10.9. The highest BCUT2D eigenvalue weighted by Crippen LogP contribution is 2.36. The highest BCUT2D eigenvalue weighted by Gasteiger charge is 2.29. The van der Waals surface area contributed by atoms with Crippen molar-refractivity contribution in [3.63, 3.8) is 0 Å². The number of nitrogens with two attached hydrogens (primary N) is 1. The van der Waals surface area contributed by atoms with Crippen LogP contribution in [-0.2, 0) is 13.1 Å². The highest BCUT2D eigenvalue weighted by molar-refractivity contribution is 9.10. The predicted octanol–water partition coefficient (Wildman–Crippen LogP) is 3.56. The maximum absolute atomic E-state index is 14.0. The fourth-order valence-corrected chi connectivity index (χ4v) is 6.33. The molecule has 1 fully saturated rings. The molecule has 9 nitrogen and oxygen atoms in total. The lowest BCUT2D eigenvalue weighted by atomic mass is 9.92. The van der Waals surface area contributed by atoms with E-state index < -0.39 is 0 Å². The predicted molar refractivity (Wildman–Crippen MR) is 165 cm³/mol. The van der Waals surface area contributed by atoms with Crippen LogP contribution in [0.25, 0.3) is 10.9 Å². The lowest BCUT2D eigenvalue weighted by Crippen LogP contribution is -2.48. The van der Waals surface area contributed by atoms with Crippen LogP contribution in [0, 0.1) is 0 Å². The van der Waals surface area contributed by atoms with Gasteiger partial charge in [-0.15, -0.1) is 0 Å². The van der Waals surface area contributed by atoms with Gasteiger partial charge in [0.25, 0.3) is 0 Å². The number of methoxy groups -OCH3 is 1. The Kier molecular flexibility index (Phi) is 7.65. The minimum absolute atomic E-state index is 0.0258. The number of pyridine rings is 3. The summed E-state index contributed by atoms with van der Waals surface area (Å²) in [6.45, 7) is 5.47. The standard InChI is InChI=1S/C30H32BBrN6O3/c1-18-17-41-30-27(32)24(31)11-23-28(30)38(18)15-20(29(23)39)14-37(13-19-7-8-34-26(10-19)40-2)22-4-3-9-36(16-22)21-5-6-25(33)35-12-21/h5-8,10-12,15,18,22H,3-4,9,13-14,16-17H2,1-2H3,(H2,33,35). The minimum Gasteiger partial charge on any atom is -0.488 e. The van der Waals surface area contributed by atoms with Gasteiger partial charge in [-0.3, -0.25) is 9.69 Å². The third-order valence-corrected chi connectivity index (χ3v) is 8.89. The number of nitrogen functional groups attached to an aromatic ring is 1. The highest BCUT2D eigenvalue weighted by atomic mass is 79.9. The molecule has 0 spiro atoms. The van der Waals surface area contributed by atoms with Gasteiger partial charge in [-0.25, -0.2) is 9.97 Å². The van der Waals surface area contributed by atoms with Crippen molar-refractivity contribution in [1.29, 1.82) is 0 Å². The second kappa shape index (κ2) is 11.4. The summed E-state index contributed by atoms with van der Waals surface area (Å²) in [6, 6.07) is 9.85. The van der Waals surface area contributed by atoms with Crippen LogP contribution in [0.3, 0.4) is 0 Å². The lowest BCUT2D eigenvalue weighted by molar-refractivity contribution is 0.157. The quantitative estimate of drug-likeness (QED) is 0.316. The van der Waals surface area contributed by atoms with Gasteiger partial charge in [0.15, 0.2) is 11.2 Å². The smallest absolute Gasteiger partial charge is 0.213 e. The molecule has 5 heterocycles. The van der Waals surface area contributed by atoms with Crippen LogP contribution < -0.4 is 31.0 Å². The SMILES string of the molecule is [B]c1cc2c(=O)c(CN(Cc3ccnc(OC)c3)C3CCCN(c4ccc(N)nc4)C3)cn3c2c(c1Br)OCC3C. The summed E-state index contributed by atoms with van der Waals surface area (Å²) >= 11 is 3.56. The summed E-state index contributed by atoms with van der Waals surface area (Å²) in [5.41, 5.74) is 9.94. The first-order chi connectivity index (χ1) is 19.8. The summed E-state index contributed by atoms with van der Waals surface area (Å²) in [5, 5.41) is 0.577. The zero-order chi connectivity index (χ0) is 28.7. The Bertz CT molecular complexity index is 1650. The van der Waals surface area contributed by atoms with Crippen molar-refractivity contribution in [1.82, 2.24) is 19.4 Å². The van der Waals surface area contributed by atoms with Gasteiger partial charge in [0.1, 0.15) is 20.3 Å². The van der Waals surface area contributed by atoms with Crippen LogP contribution in [-0.4, -0.2) is 60.1 Å². The number of halogens is 1. The van der Waals surface area contributed by atoms with E-state index in [9.17, 15) is 4.79 Å². The molecule has 0 aliphatic carbocycles. The Morgan fingerprint density at radius 3 is 2.88 bits per heavy atom. The zero-order valence-electron chi connectivity index (χ0n) is 23.2. The average molecular weight is 615 g/mol. The molecule has 210 valence electrons. The topological polar surface area (TPSA) is 98.7 Å². The Labute approximate surface area is 248 Å². The van der Waals surface area contributed by atoms with Crippen molar-refractivity contribution in [3.05, 3.63) is 74.7 Å². The van der Waals surface area contributed by atoms with E-state index in [1.54, 1.807) is 19.4 Å². The Balaban J connectivity index is 1.39. The number of ether oxygens (including phenoxy) is 2. The maximum atomic E-state index is 14.0. The molecule has 2 N–H and O–H groups in total. The van der Waals surface area contributed by atoms with E-state index in [0.29, 0.717) is 52.5 Å². The molecule has 2 atom stereocenters. The molecule has 1 saturated heterocycles. The van der Waals surface area contributed by atoms with Gasteiger partial charge in [0.2, 0.25) is 5.88 Å². The summed E-state index contributed by atoms with van der Waals surface area (Å²) in [6.07, 6.45) is 7.64. The van der Waals surface area contributed by atoms with E-state index in [1.807, 2.05) is 36.7 Å². The largest absolute Gasteiger partial charge is 0.488 e. The number of anilines is 2. The second-order valence-corrected chi connectivity index (χ2v) is 11.6. The molecule has 11 heteroatoms. The molecule has 2 aliphatic heterocycles. The van der Waals surface area contributed by atoms with Gasteiger partial charge in [-0.2, -0.15) is 0 Å².